The Bertz CT molecular complexity index is 2810. The molecule has 0 saturated carbocycles. The molecule has 0 fully saturated rings. The highest BCUT2D eigenvalue weighted by molar-refractivity contribution is 5.95. The van der Waals surface area contributed by atoms with Crippen LogP contribution in [0.4, 0.5) is 0 Å². The quantitative estimate of drug-likeness (QED) is 0.162. The van der Waals surface area contributed by atoms with E-state index < -0.39 is 0 Å². The average Bonchev–Trinajstić information content (AvgIpc) is 3.88. The van der Waals surface area contributed by atoms with Crippen molar-refractivity contribution in [1.29, 1.82) is 0 Å². The van der Waals surface area contributed by atoms with E-state index in [0.29, 0.717) is 0 Å². The van der Waals surface area contributed by atoms with Gasteiger partial charge in [0.1, 0.15) is 0 Å². The van der Waals surface area contributed by atoms with Crippen LogP contribution in [0.15, 0.2) is 182 Å². The van der Waals surface area contributed by atoms with Gasteiger partial charge in [-0.05, 0) is 122 Å². The van der Waals surface area contributed by atoms with Crippen molar-refractivity contribution >= 4 is 0 Å². The van der Waals surface area contributed by atoms with Crippen molar-refractivity contribution in [2.75, 3.05) is 0 Å². The first-order chi connectivity index (χ1) is 31.3. The fourth-order valence-electron chi connectivity index (χ4n) is 11.5. The third-order valence-corrected chi connectivity index (χ3v) is 15.1. The summed E-state index contributed by atoms with van der Waals surface area (Å²) in [5, 5.41) is 0. The Morgan fingerprint density at radius 3 is 0.758 bits per heavy atom. The largest absolute Gasteiger partial charge is 0.0725 e. The van der Waals surface area contributed by atoms with Gasteiger partial charge in [-0.25, -0.2) is 0 Å². The molecule has 0 radical (unpaired) electrons. The molecule has 330 valence electrons. The van der Waals surface area contributed by atoms with Gasteiger partial charge in [0.05, 0.1) is 10.8 Å². The summed E-state index contributed by atoms with van der Waals surface area (Å²) in [5.74, 6) is 0. The Kier molecular flexibility index (Phi) is 10.0. The Hall–Kier alpha value is -6.24. The molecule has 3 aliphatic carbocycles. The minimum Gasteiger partial charge on any atom is -0.0622 e. The van der Waals surface area contributed by atoms with Crippen molar-refractivity contribution in [2.45, 2.75) is 116 Å². The Balaban J connectivity index is 0.000000155. The smallest absolute Gasteiger partial charge is 0.0622 e. The van der Waals surface area contributed by atoms with E-state index in [-0.39, 0.29) is 32.5 Å². The van der Waals surface area contributed by atoms with Crippen LogP contribution in [0.5, 0.6) is 0 Å². The van der Waals surface area contributed by atoms with E-state index in [1.165, 1.54) is 100 Å². The average molecular weight is 859 g/mol. The topological polar surface area (TPSA) is 0 Å². The lowest BCUT2D eigenvalue weighted by Gasteiger charge is -2.35. The summed E-state index contributed by atoms with van der Waals surface area (Å²) in [6.45, 7) is 27.7. The van der Waals surface area contributed by atoms with Gasteiger partial charge in [-0.15, -0.1) is 0 Å². The van der Waals surface area contributed by atoms with E-state index in [2.05, 4.69) is 265 Å². The zero-order valence-corrected chi connectivity index (χ0v) is 41.3. The monoisotopic (exact) mass is 859 g/mol. The number of hydrogen-bond donors (Lipinski definition) is 0. The van der Waals surface area contributed by atoms with E-state index in [4.69, 9.17) is 0 Å². The summed E-state index contributed by atoms with van der Waals surface area (Å²) in [4.78, 5) is 0. The molecule has 0 heterocycles. The van der Waals surface area contributed by atoms with Crippen molar-refractivity contribution < 1.29 is 0 Å². The summed E-state index contributed by atoms with van der Waals surface area (Å²) in [6.07, 6.45) is 0. The summed E-state index contributed by atoms with van der Waals surface area (Å²) >= 11 is 0. The van der Waals surface area contributed by atoms with Crippen molar-refractivity contribution in [3.05, 3.63) is 249 Å². The first-order valence-electron chi connectivity index (χ1n) is 24.2. The molecular formula is C66H66. The number of hydrogen-bond acceptors (Lipinski definition) is 0. The fraction of sp³-hybridized carbons (Fsp3) is 0.273. The molecule has 1 spiro atoms. The molecule has 8 aromatic rings. The highest BCUT2D eigenvalue weighted by Gasteiger charge is 2.52. The molecule has 8 aromatic carbocycles. The molecule has 3 aliphatic rings. The molecule has 0 aromatic heterocycles. The number of benzene rings is 8. The van der Waals surface area contributed by atoms with Gasteiger partial charge in [-0.2, -0.15) is 0 Å². The Morgan fingerprint density at radius 1 is 0.227 bits per heavy atom. The van der Waals surface area contributed by atoms with Gasteiger partial charge < -0.3 is 0 Å². The van der Waals surface area contributed by atoms with Gasteiger partial charge in [-0.3, -0.25) is 0 Å². The second-order valence-electron chi connectivity index (χ2n) is 23.4. The SMILES string of the molecule is CC(C)(C)c1ccc2c(c1)C(c1ccccc1)(c1ccccc1)c1cc(C(C)(C)C)ccc1-2.CC(C)(C)c1ccc2c(c1)C1(c3ccccc3-c3ccccc31)c1cc(C(C)(C)C)ccc1-2. The van der Waals surface area contributed by atoms with E-state index >= 15 is 0 Å². The van der Waals surface area contributed by atoms with Crippen molar-refractivity contribution in [3.63, 3.8) is 0 Å². The normalized spacial score (nSPS) is 14.9. The maximum Gasteiger partial charge on any atom is 0.0725 e. The van der Waals surface area contributed by atoms with Crippen LogP contribution in [0.2, 0.25) is 0 Å². The molecule has 0 aliphatic heterocycles. The van der Waals surface area contributed by atoms with Crippen molar-refractivity contribution in [1.82, 2.24) is 0 Å². The lowest BCUT2D eigenvalue weighted by molar-refractivity contribution is 0.585. The molecule has 0 nitrogen and oxygen atoms in total. The highest BCUT2D eigenvalue weighted by Crippen LogP contribution is 2.63. The third-order valence-electron chi connectivity index (χ3n) is 15.1. The zero-order valence-electron chi connectivity index (χ0n) is 41.3. The first kappa shape index (κ1) is 43.6. The zero-order chi connectivity index (χ0) is 46.6. The van der Waals surface area contributed by atoms with Gasteiger partial charge in [0.2, 0.25) is 0 Å². The van der Waals surface area contributed by atoms with Crippen LogP contribution < -0.4 is 0 Å². The predicted molar refractivity (Wildman–Crippen MR) is 281 cm³/mol. The minimum atomic E-state index is -0.338. The molecule has 11 rings (SSSR count). The maximum absolute atomic E-state index is 2.50. The van der Waals surface area contributed by atoms with E-state index in [0.717, 1.165) is 0 Å². The number of fused-ring (bicyclic) bond motifs is 13. The molecule has 0 amide bonds. The molecule has 0 N–H and O–H groups in total. The van der Waals surface area contributed by atoms with Gasteiger partial charge in [-0.1, -0.05) is 265 Å². The van der Waals surface area contributed by atoms with Crippen LogP contribution in [0.3, 0.4) is 0 Å². The van der Waals surface area contributed by atoms with Gasteiger partial charge in [0.25, 0.3) is 0 Å². The van der Waals surface area contributed by atoms with Crippen LogP contribution in [0.1, 0.15) is 150 Å². The van der Waals surface area contributed by atoms with Crippen molar-refractivity contribution in [2.24, 2.45) is 0 Å². The molecule has 0 bridgehead atoms. The van der Waals surface area contributed by atoms with Crippen LogP contribution in [0, 0.1) is 0 Å². The molecule has 0 unspecified atom stereocenters. The van der Waals surface area contributed by atoms with Gasteiger partial charge >= 0.3 is 0 Å². The first-order valence-corrected chi connectivity index (χ1v) is 24.2. The number of rotatable bonds is 2. The van der Waals surface area contributed by atoms with E-state index in [9.17, 15) is 0 Å². The fourth-order valence-corrected chi connectivity index (χ4v) is 11.5. The van der Waals surface area contributed by atoms with Crippen LogP contribution >= 0.6 is 0 Å². The minimum absolute atomic E-state index is 0.0828. The lowest BCUT2D eigenvalue weighted by Crippen LogP contribution is -2.29. The molecule has 0 saturated heterocycles. The Morgan fingerprint density at radius 2 is 0.470 bits per heavy atom. The summed E-state index contributed by atoms with van der Waals surface area (Å²) < 4.78 is 0. The van der Waals surface area contributed by atoms with Crippen molar-refractivity contribution in [3.8, 4) is 33.4 Å². The summed E-state index contributed by atoms with van der Waals surface area (Å²) in [5.41, 5.74) is 24.7. The third kappa shape index (κ3) is 6.61. The molecule has 66 heavy (non-hydrogen) atoms. The van der Waals surface area contributed by atoms with Crippen LogP contribution in [-0.4, -0.2) is 0 Å². The highest BCUT2D eigenvalue weighted by atomic mass is 14.5. The lowest BCUT2D eigenvalue weighted by atomic mass is 9.66. The summed E-state index contributed by atoms with van der Waals surface area (Å²) in [7, 11) is 0. The van der Waals surface area contributed by atoms with Crippen LogP contribution in [0.25, 0.3) is 33.4 Å². The molecular weight excluding hydrogens is 793 g/mol. The predicted octanol–water partition coefficient (Wildman–Crippen LogP) is 17.3. The molecule has 0 atom stereocenters. The second kappa shape index (κ2) is 15.1. The summed E-state index contributed by atoms with van der Waals surface area (Å²) in [6, 6.07) is 69.1. The molecule has 0 heteroatoms. The second-order valence-corrected chi connectivity index (χ2v) is 23.4. The van der Waals surface area contributed by atoms with E-state index in [1.807, 2.05) is 0 Å². The maximum atomic E-state index is 2.50. The van der Waals surface area contributed by atoms with E-state index in [1.54, 1.807) is 0 Å². The van der Waals surface area contributed by atoms with Crippen LogP contribution in [-0.2, 0) is 32.5 Å². The van der Waals surface area contributed by atoms with Gasteiger partial charge in [0, 0.05) is 0 Å². The standard InChI is InChI=1S/C33H32.C33H34/c1-31(2,3)21-15-17-25-26-18-16-22(32(4,5)6)20-30(26)33(29(25)19-21)27-13-9-7-11-23(27)24-12-8-10-14-28(24)33;1-31(2,3)25-17-19-27-28-20-18-26(32(4,5)6)22-30(28)33(29(27)21-25,23-13-9-7-10-14-23)24-15-11-8-12-16-24/h7-20H,1-6H3;7-22H,1-6H3. The van der Waals surface area contributed by atoms with Gasteiger partial charge in [0.15, 0.2) is 0 Å². The Labute approximate surface area is 395 Å².